The molecule has 0 aliphatic heterocycles. The summed E-state index contributed by atoms with van der Waals surface area (Å²) in [6.45, 7) is 8.45. The molecular weight excluding hydrogens is 409 g/mol. The van der Waals surface area contributed by atoms with Gasteiger partial charge in [0.1, 0.15) is 0 Å². The smallest absolute Gasteiger partial charge is 0.191 e. The van der Waals surface area contributed by atoms with Gasteiger partial charge in [0.15, 0.2) is 5.96 Å². The quantitative estimate of drug-likeness (QED) is 0.249. The summed E-state index contributed by atoms with van der Waals surface area (Å²) in [4.78, 5) is 4.18. The van der Waals surface area contributed by atoms with Gasteiger partial charge in [-0.3, -0.25) is 9.67 Å². The van der Waals surface area contributed by atoms with E-state index < -0.39 is 0 Å². The molecule has 1 rings (SSSR count). The molecule has 1 heterocycles. The number of ether oxygens (including phenoxy) is 2. The van der Waals surface area contributed by atoms with Crippen molar-refractivity contribution in [1.82, 2.24) is 20.4 Å². The van der Waals surface area contributed by atoms with Crippen molar-refractivity contribution in [2.45, 2.75) is 26.8 Å². The van der Waals surface area contributed by atoms with E-state index in [2.05, 4.69) is 33.7 Å². The highest BCUT2D eigenvalue weighted by Crippen LogP contribution is 2.02. The maximum atomic E-state index is 5.39. The number of aliphatic imine (C=N–C) groups is 1. The Morgan fingerprint density at radius 1 is 1.22 bits per heavy atom. The second kappa shape index (κ2) is 13.6. The standard InChI is InChI=1S/C15H29N5O2.HI/c1-13-12-14(2)20(19-13)8-5-6-17-15(16-3)18-7-9-22-11-10-21-4;/h12H,5-11H2,1-4H3,(H2,16,17,18);1H. The molecule has 0 radical (unpaired) electrons. The zero-order valence-electron chi connectivity index (χ0n) is 14.6. The van der Waals surface area contributed by atoms with Crippen LogP contribution in [0.15, 0.2) is 11.1 Å². The van der Waals surface area contributed by atoms with Gasteiger partial charge >= 0.3 is 0 Å². The number of methoxy groups -OCH3 is 1. The molecule has 1 aromatic heterocycles. The summed E-state index contributed by atoms with van der Waals surface area (Å²) in [5.41, 5.74) is 2.27. The average Bonchev–Trinajstić information content (AvgIpc) is 2.82. The molecule has 0 saturated heterocycles. The summed E-state index contributed by atoms with van der Waals surface area (Å²) < 4.78 is 12.3. The van der Waals surface area contributed by atoms with Crippen molar-refractivity contribution in [3.8, 4) is 0 Å². The van der Waals surface area contributed by atoms with Gasteiger partial charge in [-0.25, -0.2) is 0 Å². The Morgan fingerprint density at radius 2 is 1.96 bits per heavy atom. The van der Waals surface area contributed by atoms with Crippen LogP contribution in [0.3, 0.4) is 0 Å². The number of rotatable bonds is 10. The zero-order chi connectivity index (χ0) is 16.2. The van der Waals surface area contributed by atoms with Gasteiger partial charge in [0, 0.05) is 39.5 Å². The van der Waals surface area contributed by atoms with Crippen LogP contribution in [0.2, 0.25) is 0 Å². The van der Waals surface area contributed by atoms with Crippen LogP contribution >= 0.6 is 24.0 Å². The lowest BCUT2D eigenvalue weighted by atomic mass is 10.4. The molecule has 0 amide bonds. The van der Waals surface area contributed by atoms with Gasteiger partial charge in [-0.15, -0.1) is 24.0 Å². The van der Waals surface area contributed by atoms with E-state index in [1.807, 2.05) is 11.6 Å². The minimum atomic E-state index is 0. The van der Waals surface area contributed by atoms with E-state index in [1.54, 1.807) is 14.2 Å². The summed E-state index contributed by atoms with van der Waals surface area (Å²) in [5, 5.41) is 10.9. The average molecular weight is 439 g/mol. The third kappa shape index (κ3) is 9.77. The number of nitrogens with zero attached hydrogens (tertiary/aromatic N) is 3. The molecule has 0 bridgehead atoms. The molecule has 8 heteroatoms. The van der Waals surface area contributed by atoms with Crippen molar-refractivity contribution in [3.63, 3.8) is 0 Å². The largest absolute Gasteiger partial charge is 0.382 e. The van der Waals surface area contributed by atoms with E-state index in [0.717, 1.165) is 37.7 Å². The lowest BCUT2D eigenvalue weighted by molar-refractivity contribution is 0.0733. The van der Waals surface area contributed by atoms with E-state index >= 15 is 0 Å². The summed E-state index contributed by atoms with van der Waals surface area (Å²) in [6, 6.07) is 2.09. The van der Waals surface area contributed by atoms with Gasteiger partial charge in [0.25, 0.3) is 0 Å². The molecule has 0 fully saturated rings. The highest BCUT2D eigenvalue weighted by atomic mass is 127. The minimum Gasteiger partial charge on any atom is -0.382 e. The summed E-state index contributed by atoms with van der Waals surface area (Å²) >= 11 is 0. The number of aromatic nitrogens is 2. The Bertz CT molecular complexity index is 451. The van der Waals surface area contributed by atoms with Gasteiger partial charge in [0.2, 0.25) is 0 Å². The van der Waals surface area contributed by atoms with Crippen LogP contribution in [0.4, 0.5) is 0 Å². The van der Waals surface area contributed by atoms with Crippen molar-refractivity contribution in [2.75, 3.05) is 47.1 Å². The van der Waals surface area contributed by atoms with Crippen molar-refractivity contribution >= 4 is 29.9 Å². The molecule has 134 valence electrons. The van der Waals surface area contributed by atoms with E-state index in [1.165, 1.54) is 5.69 Å². The van der Waals surface area contributed by atoms with E-state index in [-0.39, 0.29) is 24.0 Å². The SMILES string of the molecule is CN=C(NCCCn1nc(C)cc1C)NCCOCCOC.I. The molecule has 0 aliphatic carbocycles. The van der Waals surface area contributed by atoms with E-state index in [0.29, 0.717) is 19.8 Å². The first-order chi connectivity index (χ1) is 10.7. The first-order valence-electron chi connectivity index (χ1n) is 7.69. The van der Waals surface area contributed by atoms with Crippen LogP contribution in [0.1, 0.15) is 17.8 Å². The van der Waals surface area contributed by atoms with Gasteiger partial charge in [-0.1, -0.05) is 0 Å². The second-order valence-corrected chi connectivity index (χ2v) is 5.03. The molecule has 2 N–H and O–H groups in total. The lowest BCUT2D eigenvalue weighted by Gasteiger charge is -2.12. The number of hydrogen-bond acceptors (Lipinski definition) is 4. The Balaban J connectivity index is 0.00000484. The monoisotopic (exact) mass is 439 g/mol. The Kier molecular flexibility index (Phi) is 13.0. The number of halogens is 1. The van der Waals surface area contributed by atoms with E-state index in [9.17, 15) is 0 Å². The summed E-state index contributed by atoms with van der Waals surface area (Å²) in [5.74, 6) is 0.795. The van der Waals surface area contributed by atoms with Crippen LogP contribution in [0, 0.1) is 13.8 Å². The highest BCUT2D eigenvalue weighted by Gasteiger charge is 2.01. The Morgan fingerprint density at radius 3 is 2.57 bits per heavy atom. The number of aryl methyl sites for hydroxylation is 3. The fourth-order valence-corrected chi connectivity index (χ4v) is 2.04. The molecule has 7 nitrogen and oxygen atoms in total. The normalized spacial score (nSPS) is 11.2. The number of guanidine groups is 1. The van der Waals surface area contributed by atoms with Crippen LogP contribution in [0.5, 0.6) is 0 Å². The minimum absolute atomic E-state index is 0. The highest BCUT2D eigenvalue weighted by molar-refractivity contribution is 14.0. The Labute approximate surface area is 156 Å². The number of hydrogen-bond donors (Lipinski definition) is 2. The first-order valence-corrected chi connectivity index (χ1v) is 7.69. The number of nitrogens with one attached hydrogen (secondary N) is 2. The van der Waals surface area contributed by atoms with E-state index in [4.69, 9.17) is 9.47 Å². The molecule has 23 heavy (non-hydrogen) atoms. The summed E-state index contributed by atoms with van der Waals surface area (Å²) in [7, 11) is 3.43. The topological polar surface area (TPSA) is 72.7 Å². The second-order valence-electron chi connectivity index (χ2n) is 5.03. The van der Waals surface area contributed by atoms with Crippen LogP contribution in [0.25, 0.3) is 0 Å². The predicted octanol–water partition coefficient (Wildman–Crippen LogP) is 1.34. The first kappa shape index (κ1) is 22.1. The van der Waals surface area contributed by atoms with Crippen molar-refractivity contribution < 1.29 is 9.47 Å². The fourth-order valence-electron chi connectivity index (χ4n) is 2.04. The zero-order valence-corrected chi connectivity index (χ0v) is 16.9. The molecule has 0 aliphatic rings. The van der Waals surface area contributed by atoms with Crippen molar-refractivity contribution in [3.05, 3.63) is 17.5 Å². The third-order valence-corrected chi connectivity index (χ3v) is 3.14. The molecule has 1 aromatic rings. The predicted molar refractivity (Wildman–Crippen MR) is 104 cm³/mol. The molecule has 0 unspecified atom stereocenters. The van der Waals surface area contributed by atoms with Crippen molar-refractivity contribution in [1.29, 1.82) is 0 Å². The summed E-state index contributed by atoms with van der Waals surface area (Å²) in [6.07, 6.45) is 0.993. The van der Waals surface area contributed by atoms with Crippen LogP contribution in [-0.4, -0.2) is 62.8 Å². The van der Waals surface area contributed by atoms with Crippen LogP contribution in [-0.2, 0) is 16.0 Å². The van der Waals surface area contributed by atoms with Crippen molar-refractivity contribution in [2.24, 2.45) is 4.99 Å². The Hall–Kier alpha value is -0.870. The molecule has 0 atom stereocenters. The van der Waals surface area contributed by atoms with Gasteiger partial charge < -0.3 is 20.1 Å². The molecule has 0 saturated carbocycles. The maximum absolute atomic E-state index is 5.39. The van der Waals surface area contributed by atoms with Gasteiger partial charge in [0.05, 0.1) is 25.5 Å². The van der Waals surface area contributed by atoms with Crippen LogP contribution < -0.4 is 10.6 Å². The fraction of sp³-hybridized carbons (Fsp3) is 0.733. The molecular formula is C15H30IN5O2. The van der Waals surface area contributed by atoms with Gasteiger partial charge in [-0.05, 0) is 26.3 Å². The van der Waals surface area contributed by atoms with Gasteiger partial charge in [-0.2, -0.15) is 5.10 Å². The molecule has 0 spiro atoms. The lowest BCUT2D eigenvalue weighted by Crippen LogP contribution is -2.39. The third-order valence-electron chi connectivity index (χ3n) is 3.14. The maximum Gasteiger partial charge on any atom is 0.191 e. The molecule has 0 aromatic carbocycles.